The van der Waals surface area contributed by atoms with Crippen molar-refractivity contribution in [2.75, 3.05) is 24.2 Å². The molecule has 0 bridgehead atoms. The molecule has 3 aliphatic rings. The number of anilines is 1. The van der Waals surface area contributed by atoms with Crippen molar-refractivity contribution in [3.05, 3.63) is 52.5 Å². The quantitative estimate of drug-likeness (QED) is 0.115. The number of fused-ring (bicyclic) bond motifs is 1. The van der Waals surface area contributed by atoms with E-state index in [1.165, 1.54) is 54.3 Å². The average molecular weight is 768 g/mol. The van der Waals surface area contributed by atoms with Gasteiger partial charge in [0, 0.05) is 29.5 Å². The highest BCUT2D eigenvalue weighted by molar-refractivity contribution is 7.98. The second kappa shape index (κ2) is 17.8. The number of nitrogens with one attached hydrogen (secondary N) is 4. The monoisotopic (exact) mass is 767 g/mol. The molecule has 1 aliphatic carbocycles. The average Bonchev–Trinajstić information content (AvgIpc) is 3.80. The van der Waals surface area contributed by atoms with Crippen molar-refractivity contribution in [3.8, 4) is 0 Å². The third-order valence-electron chi connectivity index (χ3n) is 9.26. The van der Waals surface area contributed by atoms with Gasteiger partial charge in [-0.3, -0.25) is 14.9 Å². The van der Waals surface area contributed by atoms with Crippen LogP contribution in [0.1, 0.15) is 69.9 Å². The molecular formula is C34H46ClN5O7S3. The van der Waals surface area contributed by atoms with Crippen LogP contribution >= 0.6 is 35.3 Å². The minimum absolute atomic E-state index is 0.0270. The van der Waals surface area contributed by atoms with Gasteiger partial charge in [0.2, 0.25) is 15.9 Å². The highest BCUT2D eigenvalue weighted by atomic mass is 35.5. The number of rotatable bonds is 16. The Morgan fingerprint density at radius 1 is 1.12 bits per heavy atom. The second-order valence-corrected chi connectivity index (χ2v) is 17.0. The van der Waals surface area contributed by atoms with E-state index < -0.39 is 40.1 Å². The van der Waals surface area contributed by atoms with Gasteiger partial charge >= 0.3 is 11.9 Å². The van der Waals surface area contributed by atoms with Crippen LogP contribution in [-0.2, 0) is 41.4 Å². The van der Waals surface area contributed by atoms with Gasteiger partial charge in [0.25, 0.3) is 0 Å². The summed E-state index contributed by atoms with van der Waals surface area (Å²) in [4.78, 5) is 39.5. The van der Waals surface area contributed by atoms with E-state index >= 15 is 0 Å². The summed E-state index contributed by atoms with van der Waals surface area (Å²) in [5.74, 6) is -0.279. The smallest absolute Gasteiger partial charge is 0.326 e. The molecule has 12 nitrogen and oxygen atoms in total. The Labute approximate surface area is 307 Å². The normalized spacial score (nSPS) is 20.6. The molecule has 5 rings (SSSR count). The first-order valence-electron chi connectivity index (χ1n) is 17.1. The van der Waals surface area contributed by atoms with E-state index in [4.69, 9.17) is 16.3 Å². The lowest BCUT2D eigenvalue weighted by Gasteiger charge is -2.29. The van der Waals surface area contributed by atoms with Crippen molar-refractivity contribution in [1.82, 2.24) is 19.7 Å². The number of benzene rings is 2. The Morgan fingerprint density at radius 3 is 2.54 bits per heavy atom. The van der Waals surface area contributed by atoms with Gasteiger partial charge in [-0.05, 0) is 74.2 Å². The van der Waals surface area contributed by atoms with E-state index in [2.05, 4.69) is 20.1 Å². The summed E-state index contributed by atoms with van der Waals surface area (Å²) in [7, 11) is -3.89. The topological polar surface area (TPSA) is 166 Å². The Balaban J connectivity index is 1.11. The summed E-state index contributed by atoms with van der Waals surface area (Å²) in [6, 6.07) is 8.40. The molecule has 0 aromatic heterocycles. The number of carbonyl (C=O) groups is 3. The van der Waals surface area contributed by atoms with Crippen LogP contribution in [0.15, 0.2) is 46.2 Å². The number of esters is 1. The number of ether oxygens (including phenoxy) is 1. The molecule has 2 aromatic rings. The minimum atomic E-state index is -3.89. The molecule has 50 heavy (non-hydrogen) atoms. The van der Waals surface area contributed by atoms with E-state index in [1.807, 2.05) is 24.3 Å². The number of carbonyl (C=O) groups excluding carboxylic acids is 2. The van der Waals surface area contributed by atoms with Crippen molar-refractivity contribution in [3.63, 3.8) is 0 Å². The summed E-state index contributed by atoms with van der Waals surface area (Å²) in [5, 5.41) is 16.1. The standard InChI is InChI=1S/C34H46ClN5O7S3/c1-3-47-34(44)27(37-21(2)32(41)40-14-6-9-28(40)33(42)43)20-48-19-24-12-10-23(11-13-24)18-36-50(45,46)30-17-29-26(16-25(30)35)38-31(39-49-29)15-22-7-4-5-8-22/h10-13,16-17,21-22,27-28,31,36-39H,3-9,14-15,18-20H2,1-2H3,(H,42,43)/t21-,27?,28-,31?/m0/s1. The van der Waals surface area contributed by atoms with Crippen molar-refractivity contribution in [2.45, 2.75) is 105 Å². The molecule has 1 saturated carbocycles. The van der Waals surface area contributed by atoms with Gasteiger partial charge in [-0.2, -0.15) is 11.8 Å². The van der Waals surface area contributed by atoms with Gasteiger partial charge < -0.3 is 20.1 Å². The SMILES string of the molecule is CCOC(=O)C(CSCc1ccc(CNS(=O)(=O)c2cc3c(cc2Cl)NC(CC2CCCC2)NS3)cc1)N[C@@H](C)C(=O)N1CCC[C@H]1C(=O)O. The summed E-state index contributed by atoms with van der Waals surface area (Å²) in [5.41, 5.74) is 2.57. The lowest BCUT2D eigenvalue weighted by molar-refractivity contribution is -0.150. The van der Waals surface area contributed by atoms with Crippen LogP contribution < -0.4 is 20.1 Å². The van der Waals surface area contributed by atoms with E-state index in [9.17, 15) is 27.9 Å². The van der Waals surface area contributed by atoms with Gasteiger partial charge in [0.1, 0.15) is 17.0 Å². The van der Waals surface area contributed by atoms with Gasteiger partial charge in [-0.25, -0.2) is 22.7 Å². The third kappa shape index (κ3) is 10.1. The van der Waals surface area contributed by atoms with Crippen molar-refractivity contribution in [1.29, 1.82) is 0 Å². The number of carboxylic acid groups (broad SMARTS) is 1. The molecule has 1 saturated heterocycles. The fourth-order valence-corrected chi connectivity index (χ4v) is 10.1. The third-order valence-corrected chi connectivity index (χ3v) is 13.2. The maximum Gasteiger partial charge on any atom is 0.326 e. The zero-order valence-electron chi connectivity index (χ0n) is 28.3. The van der Waals surface area contributed by atoms with E-state index in [0.29, 0.717) is 36.8 Å². The zero-order valence-corrected chi connectivity index (χ0v) is 31.5. The van der Waals surface area contributed by atoms with Crippen LogP contribution in [0.4, 0.5) is 5.69 Å². The first-order chi connectivity index (χ1) is 23.9. The molecule has 5 N–H and O–H groups in total. The lowest BCUT2D eigenvalue weighted by atomic mass is 10.0. The fraction of sp³-hybridized carbons (Fsp3) is 0.559. The van der Waals surface area contributed by atoms with Gasteiger partial charge in [0.15, 0.2) is 0 Å². The maximum atomic E-state index is 13.3. The van der Waals surface area contributed by atoms with Gasteiger partial charge in [-0.1, -0.05) is 61.5 Å². The highest BCUT2D eigenvalue weighted by Crippen LogP contribution is 2.38. The molecule has 1 amide bonds. The van der Waals surface area contributed by atoms with Crippen LogP contribution in [0.3, 0.4) is 0 Å². The number of nitrogens with zero attached hydrogens (tertiary/aromatic N) is 1. The molecule has 2 fully saturated rings. The van der Waals surface area contributed by atoms with Crippen LogP contribution in [0.5, 0.6) is 0 Å². The predicted octanol–water partition coefficient (Wildman–Crippen LogP) is 4.97. The van der Waals surface area contributed by atoms with Crippen LogP contribution in [0.25, 0.3) is 0 Å². The molecule has 274 valence electrons. The first kappa shape index (κ1) is 38.7. The number of aliphatic carboxylic acids is 1. The zero-order chi connectivity index (χ0) is 35.8. The minimum Gasteiger partial charge on any atom is -0.480 e. The molecule has 2 unspecified atom stereocenters. The fourth-order valence-electron chi connectivity index (χ4n) is 6.62. The predicted molar refractivity (Wildman–Crippen MR) is 196 cm³/mol. The molecule has 4 atom stereocenters. The number of thioether (sulfide) groups is 1. The number of hydrogen-bond acceptors (Lipinski definition) is 11. The maximum absolute atomic E-state index is 13.3. The Bertz CT molecular complexity index is 1630. The van der Waals surface area contributed by atoms with Crippen molar-refractivity contribution >= 4 is 68.9 Å². The van der Waals surface area contributed by atoms with Crippen LogP contribution in [0, 0.1) is 5.92 Å². The number of amides is 1. The lowest BCUT2D eigenvalue weighted by Crippen LogP contribution is -2.54. The number of carboxylic acids is 1. The summed E-state index contributed by atoms with van der Waals surface area (Å²) in [6.45, 7) is 3.98. The van der Waals surface area contributed by atoms with E-state index in [1.54, 1.807) is 26.0 Å². The summed E-state index contributed by atoms with van der Waals surface area (Å²) >= 11 is 9.41. The van der Waals surface area contributed by atoms with Crippen molar-refractivity contribution in [2.24, 2.45) is 5.92 Å². The first-order valence-corrected chi connectivity index (χ1v) is 20.9. The summed E-state index contributed by atoms with van der Waals surface area (Å²) in [6.07, 6.45) is 7.23. The number of sulfonamides is 1. The number of halogens is 1. The largest absolute Gasteiger partial charge is 0.480 e. The number of likely N-dealkylation sites (tertiary alicyclic amines) is 1. The summed E-state index contributed by atoms with van der Waals surface area (Å²) < 4.78 is 37.9. The molecule has 0 spiro atoms. The molecule has 2 aromatic carbocycles. The second-order valence-electron chi connectivity index (χ2n) is 13.0. The Morgan fingerprint density at radius 2 is 1.84 bits per heavy atom. The Hall–Kier alpha value is -2.53. The van der Waals surface area contributed by atoms with Crippen LogP contribution in [-0.4, -0.2) is 79.5 Å². The van der Waals surface area contributed by atoms with Gasteiger partial charge in [-0.15, -0.1) is 0 Å². The van der Waals surface area contributed by atoms with E-state index in [-0.39, 0.29) is 35.1 Å². The molecule has 2 heterocycles. The molecule has 0 radical (unpaired) electrons. The van der Waals surface area contributed by atoms with Gasteiger partial charge in [0.05, 0.1) is 29.5 Å². The van der Waals surface area contributed by atoms with E-state index in [0.717, 1.165) is 28.1 Å². The molecule has 16 heteroatoms. The molecule has 2 aliphatic heterocycles. The highest BCUT2D eigenvalue weighted by Gasteiger charge is 2.37. The van der Waals surface area contributed by atoms with Crippen molar-refractivity contribution < 1.29 is 32.6 Å². The van der Waals surface area contributed by atoms with Crippen LogP contribution in [0.2, 0.25) is 5.02 Å². The Kier molecular flexibility index (Phi) is 13.8. The molecular weight excluding hydrogens is 722 g/mol. The number of hydrogen-bond donors (Lipinski definition) is 5.